The first-order chi connectivity index (χ1) is 15.1. The molecule has 0 fully saturated rings. The number of ether oxygens (including phenoxy) is 1. The molecule has 0 bridgehead atoms. The third-order valence-electron chi connectivity index (χ3n) is 5.20. The minimum absolute atomic E-state index is 0.213. The van der Waals surface area contributed by atoms with Crippen LogP contribution in [0.15, 0.2) is 78.9 Å². The Kier molecular flexibility index (Phi) is 7.08. The van der Waals surface area contributed by atoms with Gasteiger partial charge in [0.15, 0.2) is 0 Å². The molecule has 4 aromatic rings. The van der Waals surface area contributed by atoms with Crippen LogP contribution in [0, 0.1) is 5.82 Å². The van der Waals surface area contributed by atoms with Gasteiger partial charge in [-0.15, -0.1) is 0 Å². The fourth-order valence-corrected chi connectivity index (χ4v) is 3.99. The van der Waals surface area contributed by atoms with Crippen molar-refractivity contribution in [2.45, 2.75) is 19.6 Å². The summed E-state index contributed by atoms with van der Waals surface area (Å²) in [5, 5.41) is 7.00. The molecule has 0 saturated heterocycles. The van der Waals surface area contributed by atoms with E-state index in [9.17, 15) is 4.39 Å². The van der Waals surface area contributed by atoms with Crippen LogP contribution in [-0.4, -0.2) is 6.54 Å². The van der Waals surface area contributed by atoms with E-state index in [0.29, 0.717) is 23.2 Å². The topological polar surface area (TPSA) is 21.3 Å². The van der Waals surface area contributed by atoms with Crippen LogP contribution >= 0.6 is 23.2 Å². The second-order valence-corrected chi connectivity index (χ2v) is 8.18. The van der Waals surface area contributed by atoms with Crippen LogP contribution in [0.1, 0.15) is 16.7 Å². The summed E-state index contributed by atoms with van der Waals surface area (Å²) in [4.78, 5) is 0. The molecule has 0 aliphatic carbocycles. The third kappa shape index (κ3) is 5.56. The standard InChI is InChI=1S/C26H22Cl2FNO/c27-21-9-7-20(25(28)15-21)17-31-26-12-8-19-3-1-2-4-23(19)24(26)16-30-14-13-18-5-10-22(29)11-6-18/h1-12,15,30H,13-14,16-17H2. The van der Waals surface area contributed by atoms with Crippen molar-refractivity contribution in [2.75, 3.05) is 6.54 Å². The monoisotopic (exact) mass is 453 g/mol. The summed E-state index contributed by atoms with van der Waals surface area (Å²) in [7, 11) is 0. The SMILES string of the molecule is Fc1ccc(CCNCc2c(OCc3ccc(Cl)cc3Cl)ccc3ccccc23)cc1. The molecule has 5 heteroatoms. The molecule has 0 aliphatic rings. The van der Waals surface area contributed by atoms with Crippen molar-refractivity contribution in [3.05, 3.63) is 111 Å². The summed E-state index contributed by atoms with van der Waals surface area (Å²) in [6.45, 7) is 1.79. The zero-order chi connectivity index (χ0) is 21.6. The van der Waals surface area contributed by atoms with Crippen LogP contribution in [-0.2, 0) is 19.6 Å². The number of benzene rings is 4. The average Bonchev–Trinajstić information content (AvgIpc) is 2.78. The lowest BCUT2D eigenvalue weighted by molar-refractivity contribution is 0.303. The Morgan fingerprint density at radius 3 is 2.48 bits per heavy atom. The molecule has 31 heavy (non-hydrogen) atoms. The summed E-state index contributed by atoms with van der Waals surface area (Å²) in [5.74, 6) is 0.606. The van der Waals surface area contributed by atoms with Gasteiger partial charge in [0.2, 0.25) is 0 Å². The number of rotatable bonds is 8. The highest BCUT2D eigenvalue weighted by Crippen LogP contribution is 2.30. The molecule has 158 valence electrons. The maximum atomic E-state index is 13.1. The molecule has 0 radical (unpaired) electrons. The second kappa shape index (κ2) is 10.1. The fraction of sp³-hybridized carbons (Fsp3) is 0.154. The largest absolute Gasteiger partial charge is 0.488 e. The number of halogens is 3. The van der Waals surface area contributed by atoms with E-state index in [1.54, 1.807) is 6.07 Å². The van der Waals surface area contributed by atoms with E-state index in [-0.39, 0.29) is 5.82 Å². The van der Waals surface area contributed by atoms with Crippen molar-refractivity contribution in [1.29, 1.82) is 0 Å². The minimum atomic E-state index is -0.213. The Hall–Kier alpha value is -2.59. The molecule has 0 aromatic heterocycles. The van der Waals surface area contributed by atoms with Gasteiger partial charge in [0, 0.05) is 27.7 Å². The zero-order valence-corrected chi connectivity index (χ0v) is 18.4. The van der Waals surface area contributed by atoms with Gasteiger partial charge in [-0.2, -0.15) is 0 Å². The van der Waals surface area contributed by atoms with E-state index in [1.165, 1.54) is 12.1 Å². The molecule has 0 saturated carbocycles. The highest BCUT2D eigenvalue weighted by molar-refractivity contribution is 6.35. The molecule has 0 amide bonds. The van der Waals surface area contributed by atoms with Gasteiger partial charge in [-0.05, 0) is 59.6 Å². The normalized spacial score (nSPS) is 11.1. The van der Waals surface area contributed by atoms with Gasteiger partial charge in [0.05, 0.1) is 0 Å². The number of hydrogen-bond acceptors (Lipinski definition) is 2. The molecule has 0 heterocycles. The molecule has 1 N–H and O–H groups in total. The Morgan fingerprint density at radius 1 is 0.871 bits per heavy atom. The van der Waals surface area contributed by atoms with Gasteiger partial charge in [0.25, 0.3) is 0 Å². The van der Waals surface area contributed by atoms with Crippen molar-refractivity contribution >= 4 is 34.0 Å². The Morgan fingerprint density at radius 2 is 1.68 bits per heavy atom. The maximum absolute atomic E-state index is 13.1. The average molecular weight is 454 g/mol. The number of fused-ring (bicyclic) bond motifs is 1. The lowest BCUT2D eigenvalue weighted by Crippen LogP contribution is -2.17. The van der Waals surface area contributed by atoms with Gasteiger partial charge in [-0.1, -0.05) is 71.7 Å². The second-order valence-electron chi connectivity index (χ2n) is 7.34. The van der Waals surface area contributed by atoms with E-state index in [2.05, 4.69) is 23.5 Å². The van der Waals surface area contributed by atoms with Gasteiger partial charge in [0.1, 0.15) is 18.2 Å². The van der Waals surface area contributed by atoms with Crippen LogP contribution in [0.3, 0.4) is 0 Å². The van der Waals surface area contributed by atoms with E-state index in [4.69, 9.17) is 27.9 Å². The first-order valence-electron chi connectivity index (χ1n) is 10.1. The molecular formula is C26H22Cl2FNO. The minimum Gasteiger partial charge on any atom is -0.488 e. The Labute approximate surface area is 191 Å². The van der Waals surface area contributed by atoms with E-state index in [0.717, 1.165) is 46.2 Å². The summed E-state index contributed by atoms with van der Waals surface area (Å²) < 4.78 is 19.3. The van der Waals surface area contributed by atoms with Crippen molar-refractivity contribution in [2.24, 2.45) is 0 Å². The van der Waals surface area contributed by atoms with Gasteiger partial charge in [-0.25, -0.2) is 4.39 Å². The van der Waals surface area contributed by atoms with Crippen molar-refractivity contribution in [3.8, 4) is 5.75 Å². The third-order valence-corrected chi connectivity index (χ3v) is 5.79. The number of nitrogens with one attached hydrogen (secondary N) is 1. The smallest absolute Gasteiger partial charge is 0.124 e. The molecule has 0 spiro atoms. The summed E-state index contributed by atoms with van der Waals surface area (Å²) in [6, 6.07) is 24.4. The van der Waals surface area contributed by atoms with Gasteiger partial charge < -0.3 is 10.1 Å². The molecule has 0 atom stereocenters. The first kappa shape index (κ1) is 21.6. The maximum Gasteiger partial charge on any atom is 0.124 e. The predicted molar refractivity (Wildman–Crippen MR) is 127 cm³/mol. The lowest BCUT2D eigenvalue weighted by Gasteiger charge is -2.16. The van der Waals surface area contributed by atoms with Crippen molar-refractivity contribution < 1.29 is 9.13 Å². The summed E-state index contributed by atoms with van der Waals surface area (Å²) in [6.07, 6.45) is 0.821. The summed E-state index contributed by atoms with van der Waals surface area (Å²) in [5.41, 5.74) is 3.08. The summed E-state index contributed by atoms with van der Waals surface area (Å²) >= 11 is 12.3. The molecule has 0 unspecified atom stereocenters. The van der Waals surface area contributed by atoms with Crippen LogP contribution in [0.4, 0.5) is 4.39 Å². The quantitative estimate of drug-likeness (QED) is 0.285. The lowest BCUT2D eigenvalue weighted by atomic mass is 10.0. The van der Waals surface area contributed by atoms with Crippen molar-refractivity contribution in [3.63, 3.8) is 0 Å². The highest BCUT2D eigenvalue weighted by Gasteiger charge is 2.10. The number of hydrogen-bond donors (Lipinski definition) is 1. The van der Waals surface area contributed by atoms with Gasteiger partial charge in [-0.3, -0.25) is 0 Å². The Bertz CT molecular complexity index is 1180. The molecule has 4 rings (SSSR count). The van der Waals surface area contributed by atoms with E-state index >= 15 is 0 Å². The van der Waals surface area contributed by atoms with E-state index < -0.39 is 0 Å². The molecule has 0 aliphatic heterocycles. The van der Waals surface area contributed by atoms with E-state index in [1.807, 2.05) is 42.5 Å². The first-order valence-corrected chi connectivity index (χ1v) is 10.9. The van der Waals surface area contributed by atoms with Crippen molar-refractivity contribution in [1.82, 2.24) is 5.32 Å². The fourth-order valence-electron chi connectivity index (χ4n) is 3.52. The molecule has 4 aromatic carbocycles. The molecular weight excluding hydrogens is 432 g/mol. The Balaban J connectivity index is 1.49. The van der Waals surface area contributed by atoms with Crippen LogP contribution in [0.5, 0.6) is 5.75 Å². The zero-order valence-electron chi connectivity index (χ0n) is 16.9. The van der Waals surface area contributed by atoms with Gasteiger partial charge >= 0.3 is 0 Å². The van der Waals surface area contributed by atoms with Crippen LogP contribution in [0.25, 0.3) is 10.8 Å². The van der Waals surface area contributed by atoms with Crippen LogP contribution in [0.2, 0.25) is 10.0 Å². The highest BCUT2D eigenvalue weighted by atomic mass is 35.5. The predicted octanol–water partition coefficient (Wildman–Crippen LogP) is 7.20. The van der Waals surface area contributed by atoms with Crippen LogP contribution < -0.4 is 10.1 Å². The molecule has 2 nitrogen and oxygen atoms in total.